The summed E-state index contributed by atoms with van der Waals surface area (Å²) in [4.78, 5) is 12.4. The number of aliphatic hydroxyl groups is 1. The van der Waals surface area contributed by atoms with Crippen LogP contribution in [0, 0.1) is 5.92 Å². The van der Waals surface area contributed by atoms with Gasteiger partial charge in [-0.15, -0.1) is 0 Å². The maximum atomic E-state index is 12.4. The molecule has 0 saturated heterocycles. The third-order valence-electron chi connectivity index (χ3n) is 4.75. The van der Waals surface area contributed by atoms with E-state index in [4.69, 9.17) is 4.74 Å². The van der Waals surface area contributed by atoms with Gasteiger partial charge in [-0.25, -0.2) is 4.79 Å². The van der Waals surface area contributed by atoms with Gasteiger partial charge in [-0.2, -0.15) is 0 Å². The Hall–Kier alpha value is -1.75. The number of ether oxygens (including phenoxy) is 1. The van der Waals surface area contributed by atoms with E-state index in [1.165, 1.54) is 0 Å². The summed E-state index contributed by atoms with van der Waals surface area (Å²) >= 11 is 0. The molecule has 2 amide bonds. The largest absolute Gasteiger partial charge is 0.494 e. The first-order valence-electron chi connectivity index (χ1n) is 9.07. The summed E-state index contributed by atoms with van der Waals surface area (Å²) in [5.74, 6) is 1.23. The van der Waals surface area contributed by atoms with E-state index in [1.807, 2.05) is 31.2 Å². The van der Waals surface area contributed by atoms with Crippen molar-refractivity contribution in [3.8, 4) is 5.75 Å². The molecule has 0 bridgehead atoms. The Morgan fingerprint density at radius 2 is 1.96 bits per heavy atom. The highest BCUT2D eigenvalue weighted by atomic mass is 16.5. The molecule has 0 heterocycles. The first-order chi connectivity index (χ1) is 11.7. The number of amides is 2. The van der Waals surface area contributed by atoms with Crippen LogP contribution in [0.1, 0.15) is 57.6 Å². The zero-order valence-corrected chi connectivity index (χ0v) is 14.8. The zero-order chi connectivity index (χ0) is 17.4. The highest BCUT2D eigenvalue weighted by Crippen LogP contribution is 2.27. The summed E-state index contributed by atoms with van der Waals surface area (Å²) in [7, 11) is 0. The first kappa shape index (κ1) is 18.6. The van der Waals surface area contributed by atoms with Crippen molar-refractivity contribution in [3.63, 3.8) is 0 Å². The van der Waals surface area contributed by atoms with E-state index >= 15 is 0 Å². The molecule has 0 spiro atoms. The van der Waals surface area contributed by atoms with E-state index in [-0.39, 0.29) is 24.7 Å². The Morgan fingerprint density at radius 3 is 2.58 bits per heavy atom. The van der Waals surface area contributed by atoms with Gasteiger partial charge in [-0.1, -0.05) is 25.1 Å². The molecular weight excluding hydrogens is 304 g/mol. The second-order valence-electron chi connectivity index (χ2n) is 6.45. The van der Waals surface area contributed by atoms with Crippen molar-refractivity contribution in [1.29, 1.82) is 0 Å². The van der Waals surface area contributed by atoms with Crippen LogP contribution in [0.4, 0.5) is 4.79 Å². The lowest BCUT2D eigenvalue weighted by Crippen LogP contribution is -2.45. The van der Waals surface area contributed by atoms with Crippen LogP contribution in [-0.2, 0) is 0 Å². The summed E-state index contributed by atoms with van der Waals surface area (Å²) in [5.41, 5.74) is 1.01. The van der Waals surface area contributed by atoms with Crippen LogP contribution < -0.4 is 15.4 Å². The van der Waals surface area contributed by atoms with Crippen LogP contribution in [0.2, 0.25) is 0 Å². The Kier molecular flexibility index (Phi) is 7.37. The lowest BCUT2D eigenvalue weighted by Gasteiger charge is -2.29. The molecule has 1 aliphatic rings. The maximum absolute atomic E-state index is 12.4. The fourth-order valence-electron chi connectivity index (χ4n) is 3.33. The molecule has 0 aromatic heterocycles. The minimum absolute atomic E-state index is 0.0680. The minimum Gasteiger partial charge on any atom is -0.494 e. The van der Waals surface area contributed by atoms with Crippen LogP contribution in [0.15, 0.2) is 24.3 Å². The van der Waals surface area contributed by atoms with Gasteiger partial charge in [0.15, 0.2) is 0 Å². The Balaban J connectivity index is 1.92. The van der Waals surface area contributed by atoms with Crippen LogP contribution in [0.5, 0.6) is 5.75 Å². The van der Waals surface area contributed by atoms with E-state index in [0.29, 0.717) is 12.5 Å². The van der Waals surface area contributed by atoms with E-state index in [0.717, 1.165) is 43.4 Å². The number of para-hydroxylation sites is 1. The molecule has 24 heavy (non-hydrogen) atoms. The molecule has 5 nitrogen and oxygen atoms in total. The molecule has 5 heteroatoms. The molecule has 1 aromatic carbocycles. The highest BCUT2D eigenvalue weighted by Gasteiger charge is 2.23. The average molecular weight is 334 g/mol. The third-order valence-corrected chi connectivity index (χ3v) is 4.75. The van der Waals surface area contributed by atoms with E-state index < -0.39 is 0 Å². The molecule has 1 atom stereocenters. The predicted molar refractivity (Wildman–Crippen MR) is 95.1 cm³/mol. The predicted octanol–water partition coefficient (Wildman–Crippen LogP) is 3.39. The van der Waals surface area contributed by atoms with Crippen molar-refractivity contribution in [3.05, 3.63) is 29.8 Å². The Labute approximate surface area is 144 Å². The molecule has 1 aromatic rings. The fraction of sp³-hybridized carbons (Fsp3) is 0.632. The monoisotopic (exact) mass is 334 g/mol. The fourth-order valence-corrected chi connectivity index (χ4v) is 3.33. The lowest BCUT2D eigenvalue weighted by atomic mass is 9.87. The minimum atomic E-state index is -0.124. The maximum Gasteiger partial charge on any atom is 0.315 e. The zero-order valence-electron chi connectivity index (χ0n) is 14.8. The van der Waals surface area contributed by atoms with Gasteiger partial charge in [-0.05, 0) is 51.0 Å². The Morgan fingerprint density at radius 1 is 1.25 bits per heavy atom. The van der Waals surface area contributed by atoms with Crippen molar-refractivity contribution in [2.24, 2.45) is 5.92 Å². The summed E-state index contributed by atoms with van der Waals surface area (Å²) in [6, 6.07) is 7.87. The summed E-state index contributed by atoms with van der Waals surface area (Å²) in [6.07, 6.45) is 4.63. The molecule has 1 saturated carbocycles. The molecule has 3 N–H and O–H groups in total. The quantitative estimate of drug-likeness (QED) is 0.716. The van der Waals surface area contributed by atoms with E-state index in [9.17, 15) is 9.90 Å². The van der Waals surface area contributed by atoms with Crippen molar-refractivity contribution in [1.82, 2.24) is 10.6 Å². The third kappa shape index (κ3) is 5.13. The summed E-state index contributed by atoms with van der Waals surface area (Å²) in [6.45, 7) is 4.87. The smallest absolute Gasteiger partial charge is 0.315 e. The molecule has 2 rings (SSSR count). The van der Waals surface area contributed by atoms with Crippen molar-refractivity contribution < 1.29 is 14.6 Å². The molecule has 1 fully saturated rings. The number of benzene rings is 1. The first-order valence-corrected chi connectivity index (χ1v) is 9.07. The number of aliphatic hydroxyl groups excluding tert-OH is 1. The van der Waals surface area contributed by atoms with Gasteiger partial charge in [-0.3, -0.25) is 0 Å². The topological polar surface area (TPSA) is 70.6 Å². The summed E-state index contributed by atoms with van der Waals surface area (Å²) < 4.78 is 5.68. The summed E-state index contributed by atoms with van der Waals surface area (Å²) in [5, 5.41) is 15.3. The molecular formula is C19H30N2O3. The number of hydrogen-bond acceptors (Lipinski definition) is 3. The van der Waals surface area contributed by atoms with E-state index in [2.05, 4.69) is 17.6 Å². The number of nitrogens with one attached hydrogen (secondary N) is 2. The molecule has 0 radical (unpaired) electrons. The van der Waals surface area contributed by atoms with Gasteiger partial charge in [0, 0.05) is 18.2 Å². The second-order valence-corrected chi connectivity index (χ2v) is 6.45. The number of hydrogen-bond donors (Lipinski definition) is 3. The SMILES string of the molecule is CCOc1ccccc1C(CC)NC(=O)NC1CCC(CO)CC1. The van der Waals surface area contributed by atoms with Crippen LogP contribution >= 0.6 is 0 Å². The average Bonchev–Trinajstić information content (AvgIpc) is 2.61. The van der Waals surface area contributed by atoms with Gasteiger partial charge in [0.2, 0.25) is 0 Å². The van der Waals surface area contributed by atoms with Gasteiger partial charge < -0.3 is 20.5 Å². The normalized spacial score (nSPS) is 21.8. The standard InChI is InChI=1S/C19H30N2O3/c1-3-17(16-7-5-6-8-18(16)24-4-2)21-19(23)20-15-11-9-14(13-22)10-12-15/h5-8,14-15,17,22H,3-4,9-13H2,1-2H3,(H2,20,21,23). The van der Waals surface area contributed by atoms with Crippen LogP contribution in [0.3, 0.4) is 0 Å². The van der Waals surface area contributed by atoms with Gasteiger partial charge in [0.1, 0.15) is 5.75 Å². The van der Waals surface area contributed by atoms with Gasteiger partial charge in [0.05, 0.1) is 12.6 Å². The number of carbonyl (C=O) groups is 1. The van der Waals surface area contributed by atoms with Crippen molar-refractivity contribution >= 4 is 6.03 Å². The van der Waals surface area contributed by atoms with Crippen LogP contribution in [-0.4, -0.2) is 30.4 Å². The lowest BCUT2D eigenvalue weighted by molar-refractivity contribution is 0.174. The number of rotatable bonds is 7. The van der Waals surface area contributed by atoms with Crippen molar-refractivity contribution in [2.75, 3.05) is 13.2 Å². The Bertz CT molecular complexity index is 513. The van der Waals surface area contributed by atoms with Gasteiger partial charge >= 0.3 is 6.03 Å². The van der Waals surface area contributed by atoms with Crippen LogP contribution in [0.25, 0.3) is 0 Å². The molecule has 0 aliphatic heterocycles. The molecule has 1 aliphatic carbocycles. The number of urea groups is 1. The number of carbonyl (C=O) groups excluding carboxylic acids is 1. The highest BCUT2D eigenvalue weighted by molar-refractivity contribution is 5.75. The second kappa shape index (κ2) is 9.52. The van der Waals surface area contributed by atoms with E-state index in [1.54, 1.807) is 0 Å². The molecule has 1 unspecified atom stereocenters. The van der Waals surface area contributed by atoms with Gasteiger partial charge in [0.25, 0.3) is 0 Å². The molecule has 134 valence electrons. The van der Waals surface area contributed by atoms with Crippen molar-refractivity contribution in [2.45, 2.75) is 58.0 Å².